The number of aromatic nitrogens is 2. The van der Waals surface area contributed by atoms with Crippen molar-refractivity contribution in [1.29, 1.82) is 0 Å². The molecule has 6 nitrogen and oxygen atoms in total. The number of aryl methyl sites for hydroxylation is 1. The quantitative estimate of drug-likeness (QED) is 0.298. The lowest BCUT2D eigenvalue weighted by Crippen LogP contribution is -2.22. The summed E-state index contributed by atoms with van der Waals surface area (Å²) in [5, 5.41) is 0.490. The van der Waals surface area contributed by atoms with Crippen LogP contribution in [-0.2, 0) is 22.4 Å². The number of methoxy groups -OCH3 is 1. The molecule has 33 heavy (non-hydrogen) atoms. The highest BCUT2D eigenvalue weighted by Crippen LogP contribution is 2.24. The minimum atomic E-state index is -0.529. The molecule has 0 fully saturated rings. The molecule has 0 spiro atoms. The molecule has 0 saturated heterocycles. The monoisotopic (exact) mass is 464 g/mol. The van der Waals surface area contributed by atoms with E-state index >= 15 is 0 Å². The number of carbonyl (C=O) groups is 1. The zero-order valence-electron chi connectivity index (χ0n) is 18.5. The Morgan fingerprint density at radius 2 is 1.85 bits per heavy atom. The second-order valence-electron chi connectivity index (χ2n) is 7.61. The third-order valence-electron chi connectivity index (χ3n) is 5.41. The van der Waals surface area contributed by atoms with Gasteiger partial charge in [-0.1, -0.05) is 41.9 Å². The number of carbonyl (C=O) groups excluding carboxylic acids is 1. The Hall–Kier alpha value is -3.51. The molecular weight excluding hydrogens is 440 g/mol. The number of esters is 1. The van der Waals surface area contributed by atoms with Gasteiger partial charge in [-0.15, -0.1) is 0 Å². The van der Waals surface area contributed by atoms with Gasteiger partial charge in [-0.05, 0) is 48.9 Å². The first-order chi connectivity index (χ1) is 16.0. The third kappa shape index (κ3) is 5.46. The largest absolute Gasteiger partial charge is 0.493 e. The van der Waals surface area contributed by atoms with Gasteiger partial charge in [-0.25, -0.2) is 9.78 Å². The Morgan fingerprint density at radius 1 is 1.09 bits per heavy atom. The average molecular weight is 465 g/mol. The molecule has 2 aromatic carbocycles. The van der Waals surface area contributed by atoms with Crippen molar-refractivity contribution in [3.05, 3.63) is 95.1 Å². The van der Waals surface area contributed by atoms with E-state index in [1.807, 2.05) is 61.5 Å². The van der Waals surface area contributed by atoms with E-state index in [2.05, 4.69) is 4.98 Å². The molecule has 0 saturated carbocycles. The standard InChI is InChI=1S/C26H25ClN2O4/c1-18-22(28-25(33-18)20-7-4-3-5-8-20)14-16-32-21-12-10-19(11-13-21)17-23(26(30)31-2)29-15-6-9-24(29)27/h3-13,15,23H,14,16-17H2,1-2H3. The van der Waals surface area contributed by atoms with Gasteiger partial charge in [0, 0.05) is 24.6 Å². The van der Waals surface area contributed by atoms with Crippen LogP contribution in [0.3, 0.4) is 0 Å². The number of hydrogen-bond acceptors (Lipinski definition) is 5. The predicted molar refractivity (Wildman–Crippen MR) is 127 cm³/mol. The van der Waals surface area contributed by atoms with Gasteiger partial charge in [-0.3, -0.25) is 0 Å². The van der Waals surface area contributed by atoms with Crippen LogP contribution in [0.15, 0.2) is 77.3 Å². The minimum Gasteiger partial charge on any atom is -0.493 e. The number of ether oxygens (including phenoxy) is 2. The van der Waals surface area contributed by atoms with E-state index in [9.17, 15) is 4.79 Å². The lowest BCUT2D eigenvalue weighted by atomic mass is 10.1. The third-order valence-corrected chi connectivity index (χ3v) is 5.73. The molecule has 0 aliphatic heterocycles. The van der Waals surface area contributed by atoms with Crippen molar-refractivity contribution in [1.82, 2.24) is 9.55 Å². The van der Waals surface area contributed by atoms with E-state index in [1.165, 1.54) is 7.11 Å². The summed E-state index contributed by atoms with van der Waals surface area (Å²) in [6.07, 6.45) is 2.87. The summed E-state index contributed by atoms with van der Waals surface area (Å²) < 4.78 is 18.4. The van der Waals surface area contributed by atoms with Gasteiger partial charge in [0.25, 0.3) is 0 Å². The highest BCUT2D eigenvalue weighted by molar-refractivity contribution is 6.29. The number of oxazole rings is 1. The number of hydrogen-bond donors (Lipinski definition) is 0. The molecule has 0 N–H and O–H groups in total. The van der Waals surface area contributed by atoms with Gasteiger partial charge in [-0.2, -0.15) is 0 Å². The van der Waals surface area contributed by atoms with Gasteiger partial charge >= 0.3 is 5.97 Å². The van der Waals surface area contributed by atoms with Gasteiger partial charge in [0.1, 0.15) is 22.7 Å². The second kappa shape index (κ2) is 10.4. The molecule has 0 radical (unpaired) electrons. The summed E-state index contributed by atoms with van der Waals surface area (Å²) >= 11 is 6.21. The lowest BCUT2D eigenvalue weighted by Gasteiger charge is -2.18. The van der Waals surface area contributed by atoms with Gasteiger partial charge < -0.3 is 18.5 Å². The van der Waals surface area contributed by atoms with Crippen LogP contribution in [0.25, 0.3) is 11.5 Å². The molecule has 170 valence electrons. The molecule has 0 aliphatic rings. The maximum atomic E-state index is 12.3. The Bertz CT molecular complexity index is 1200. The molecule has 0 amide bonds. The Balaban J connectivity index is 1.35. The number of nitrogens with zero attached hydrogens (tertiary/aromatic N) is 2. The van der Waals surface area contributed by atoms with E-state index in [1.54, 1.807) is 22.9 Å². The number of benzene rings is 2. The summed E-state index contributed by atoms with van der Waals surface area (Å²) in [5.41, 5.74) is 2.81. The minimum absolute atomic E-state index is 0.341. The van der Waals surface area contributed by atoms with Crippen molar-refractivity contribution in [2.24, 2.45) is 0 Å². The highest BCUT2D eigenvalue weighted by Gasteiger charge is 2.23. The van der Waals surface area contributed by atoms with Crippen LogP contribution in [0.4, 0.5) is 0 Å². The van der Waals surface area contributed by atoms with E-state index in [4.69, 9.17) is 25.5 Å². The first-order valence-corrected chi connectivity index (χ1v) is 11.1. The Labute approximate surface area is 197 Å². The first-order valence-electron chi connectivity index (χ1n) is 10.7. The van der Waals surface area contributed by atoms with Crippen molar-refractivity contribution in [3.8, 4) is 17.2 Å². The van der Waals surface area contributed by atoms with Crippen LogP contribution in [-0.4, -0.2) is 29.2 Å². The predicted octanol–water partition coefficient (Wildman–Crippen LogP) is 5.68. The number of rotatable bonds is 9. The van der Waals surface area contributed by atoms with Crippen molar-refractivity contribution in [2.75, 3.05) is 13.7 Å². The smallest absolute Gasteiger partial charge is 0.329 e. The Morgan fingerprint density at radius 3 is 2.52 bits per heavy atom. The maximum absolute atomic E-state index is 12.3. The van der Waals surface area contributed by atoms with Gasteiger partial charge in [0.2, 0.25) is 5.89 Å². The molecule has 7 heteroatoms. The van der Waals surface area contributed by atoms with Gasteiger partial charge in [0.05, 0.1) is 19.4 Å². The van der Waals surface area contributed by atoms with E-state index in [-0.39, 0.29) is 5.97 Å². The summed E-state index contributed by atoms with van der Waals surface area (Å²) in [6.45, 7) is 2.39. The van der Waals surface area contributed by atoms with E-state index in [0.29, 0.717) is 30.5 Å². The highest BCUT2D eigenvalue weighted by atomic mass is 35.5. The molecule has 0 bridgehead atoms. The molecule has 4 rings (SSSR count). The zero-order chi connectivity index (χ0) is 23.2. The van der Waals surface area contributed by atoms with Crippen LogP contribution in [0.5, 0.6) is 5.75 Å². The van der Waals surface area contributed by atoms with Crippen molar-refractivity contribution in [3.63, 3.8) is 0 Å². The van der Waals surface area contributed by atoms with Crippen LogP contribution in [0.2, 0.25) is 5.15 Å². The lowest BCUT2D eigenvalue weighted by molar-refractivity contribution is -0.144. The number of halogens is 1. The zero-order valence-corrected chi connectivity index (χ0v) is 19.3. The molecule has 0 aliphatic carbocycles. The maximum Gasteiger partial charge on any atom is 0.329 e. The van der Waals surface area contributed by atoms with Crippen LogP contribution >= 0.6 is 11.6 Å². The fourth-order valence-electron chi connectivity index (χ4n) is 3.63. The summed E-state index contributed by atoms with van der Waals surface area (Å²) in [7, 11) is 1.38. The molecule has 1 unspecified atom stereocenters. The van der Waals surface area contributed by atoms with Crippen molar-refractivity contribution < 1.29 is 18.7 Å². The summed E-state index contributed by atoms with van der Waals surface area (Å²) in [4.78, 5) is 16.9. The van der Waals surface area contributed by atoms with Gasteiger partial charge in [0.15, 0.2) is 0 Å². The van der Waals surface area contributed by atoms with Crippen LogP contribution in [0, 0.1) is 6.92 Å². The molecular formula is C26H25ClN2O4. The SMILES string of the molecule is COC(=O)C(Cc1ccc(OCCc2nc(-c3ccccc3)oc2C)cc1)n1cccc1Cl. The second-order valence-corrected chi connectivity index (χ2v) is 8.00. The first kappa shape index (κ1) is 22.7. The van der Waals surface area contributed by atoms with Crippen molar-refractivity contribution in [2.45, 2.75) is 25.8 Å². The topological polar surface area (TPSA) is 66.5 Å². The fourth-order valence-corrected chi connectivity index (χ4v) is 3.88. The fraction of sp³-hybridized carbons (Fsp3) is 0.231. The Kier molecular flexibility index (Phi) is 7.15. The van der Waals surface area contributed by atoms with E-state index in [0.717, 1.165) is 28.3 Å². The molecule has 1 atom stereocenters. The summed E-state index contributed by atoms with van der Waals surface area (Å²) in [6, 6.07) is 20.5. The molecule has 2 heterocycles. The normalized spacial score (nSPS) is 11.8. The van der Waals surface area contributed by atoms with E-state index < -0.39 is 6.04 Å². The summed E-state index contributed by atoms with van der Waals surface area (Å²) in [5.74, 6) is 1.82. The average Bonchev–Trinajstić information content (AvgIpc) is 3.43. The van der Waals surface area contributed by atoms with Crippen molar-refractivity contribution >= 4 is 17.6 Å². The van der Waals surface area contributed by atoms with Crippen LogP contribution in [0.1, 0.15) is 23.1 Å². The van der Waals surface area contributed by atoms with Crippen LogP contribution < -0.4 is 4.74 Å². The molecule has 2 aromatic heterocycles. The molecule has 4 aromatic rings.